The summed E-state index contributed by atoms with van der Waals surface area (Å²) in [6.45, 7) is 6.81. The molecule has 1 atom stereocenters. The van der Waals surface area contributed by atoms with Crippen LogP contribution in [-0.4, -0.2) is 29.8 Å². The van der Waals surface area contributed by atoms with Gasteiger partial charge in [-0.25, -0.2) is 0 Å². The molecule has 1 fully saturated rings. The largest absolute Gasteiger partial charge is 0.450 e. The molecule has 0 saturated carbocycles. The Labute approximate surface area is 129 Å². The van der Waals surface area contributed by atoms with E-state index in [2.05, 4.69) is 0 Å². The Balaban J connectivity index is 1.99. The van der Waals surface area contributed by atoms with Crippen molar-refractivity contribution in [3.05, 3.63) is 34.6 Å². The number of fused-ring (bicyclic) bond motifs is 1. The van der Waals surface area contributed by atoms with Gasteiger partial charge in [-0.2, -0.15) is 0 Å². The van der Waals surface area contributed by atoms with Crippen molar-refractivity contribution >= 4 is 22.8 Å². The molecule has 0 spiro atoms. The Morgan fingerprint density at radius 3 is 2.50 bits per heavy atom. The number of amides is 2. The lowest BCUT2D eigenvalue weighted by atomic mass is 10.0. The van der Waals surface area contributed by atoms with Crippen LogP contribution in [0.2, 0.25) is 0 Å². The van der Waals surface area contributed by atoms with Gasteiger partial charge in [-0.15, -0.1) is 0 Å². The minimum Gasteiger partial charge on any atom is -0.450 e. The molecular weight excluding hydrogens is 280 g/mol. The number of likely N-dealkylation sites (tertiary alicyclic amines) is 1. The number of carbonyl (C=O) groups excluding carboxylic acids is 2. The number of rotatable bonds is 2. The molecule has 1 aliphatic heterocycles. The second-order valence-electron chi connectivity index (χ2n) is 6.10. The minimum atomic E-state index is -0.344. The number of benzene rings is 1. The standard InChI is InChI=1S/C17H20N2O3/c1-9-4-5-10(2)14-13(9)11(3)15(22-14)17(21)19-7-6-12(8-19)16(18)20/h4-5,12H,6-8H2,1-3H3,(H2,18,20). The Morgan fingerprint density at radius 1 is 1.23 bits per heavy atom. The maximum absolute atomic E-state index is 12.7. The van der Waals surface area contributed by atoms with Crippen molar-refractivity contribution in [1.82, 2.24) is 4.90 Å². The number of carbonyl (C=O) groups is 2. The van der Waals surface area contributed by atoms with Crippen LogP contribution in [0.15, 0.2) is 16.5 Å². The molecule has 0 bridgehead atoms. The molecule has 116 valence electrons. The second-order valence-corrected chi connectivity index (χ2v) is 6.10. The summed E-state index contributed by atoms with van der Waals surface area (Å²) >= 11 is 0. The molecule has 1 aromatic heterocycles. The van der Waals surface area contributed by atoms with Crippen molar-refractivity contribution in [3.63, 3.8) is 0 Å². The third-order valence-corrected chi connectivity index (χ3v) is 4.55. The SMILES string of the molecule is Cc1ccc(C)c2c(C)c(C(=O)N3CCC(C(N)=O)C3)oc12. The fourth-order valence-electron chi connectivity index (χ4n) is 3.20. The first-order chi connectivity index (χ1) is 10.4. The number of primary amides is 1. The third kappa shape index (κ3) is 2.17. The van der Waals surface area contributed by atoms with Crippen LogP contribution in [0, 0.1) is 26.7 Å². The van der Waals surface area contributed by atoms with E-state index in [-0.39, 0.29) is 17.7 Å². The Hall–Kier alpha value is -2.30. The average molecular weight is 300 g/mol. The Bertz CT molecular complexity index is 776. The van der Waals surface area contributed by atoms with Gasteiger partial charge in [-0.3, -0.25) is 9.59 Å². The maximum Gasteiger partial charge on any atom is 0.289 e. The lowest BCUT2D eigenvalue weighted by Gasteiger charge is -2.14. The van der Waals surface area contributed by atoms with Crippen molar-refractivity contribution in [2.24, 2.45) is 11.7 Å². The van der Waals surface area contributed by atoms with Crippen LogP contribution in [-0.2, 0) is 4.79 Å². The van der Waals surface area contributed by atoms with Gasteiger partial charge in [-0.05, 0) is 38.3 Å². The quantitative estimate of drug-likeness (QED) is 0.924. The molecule has 2 N–H and O–H groups in total. The summed E-state index contributed by atoms with van der Waals surface area (Å²) in [5.41, 5.74) is 9.07. The summed E-state index contributed by atoms with van der Waals surface area (Å²) in [5, 5.41) is 1.01. The molecule has 1 unspecified atom stereocenters. The third-order valence-electron chi connectivity index (χ3n) is 4.55. The molecule has 0 aliphatic carbocycles. The van der Waals surface area contributed by atoms with Crippen LogP contribution in [0.5, 0.6) is 0 Å². The molecule has 1 aliphatic rings. The van der Waals surface area contributed by atoms with E-state index in [1.807, 2.05) is 32.9 Å². The molecule has 1 aromatic carbocycles. The van der Waals surface area contributed by atoms with Crippen LogP contribution in [0.3, 0.4) is 0 Å². The first-order valence-electron chi connectivity index (χ1n) is 7.48. The summed E-state index contributed by atoms with van der Waals surface area (Å²) < 4.78 is 5.87. The van der Waals surface area contributed by atoms with Gasteiger partial charge in [0.15, 0.2) is 5.76 Å². The summed E-state index contributed by atoms with van der Waals surface area (Å²) in [4.78, 5) is 25.6. The van der Waals surface area contributed by atoms with Crippen LogP contribution in [0.25, 0.3) is 11.0 Å². The summed E-state index contributed by atoms with van der Waals surface area (Å²) in [6.07, 6.45) is 0.623. The highest BCUT2D eigenvalue weighted by molar-refractivity contribution is 6.00. The number of furan rings is 1. The lowest BCUT2D eigenvalue weighted by Crippen LogP contribution is -2.31. The topological polar surface area (TPSA) is 76.5 Å². The molecule has 22 heavy (non-hydrogen) atoms. The number of nitrogens with two attached hydrogens (primary N) is 1. The fourth-order valence-corrected chi connectivity index (χ4v) is 3.20. The zero-order valence-corrected chi connectivity index (χ0v) is 13.1. The van der Waals surface area contributed by atoms with Crippen molar-refractivity contribution in [3.8, 4) is 0 Å². The summed E-state index contributed by atoms with van der Waals surface area (Å²) in [5.74, 6) is -0.380. The van der Waals surface area contributed by atoms with E-state index in [1.165, 1.54) is 0 Å². The highest BCUT2D eigenvalue weighted by Gasteiger charge is 2.32. The lowest BCUT2D eigenvalue weighted by molar-refractivity contribution is -0.121. The van der Waals surface area contributed by atoms with E-state index in [0.29, 0.717) is 25.3 Å². The average Bonchev–Trinajstić information content (AvgIpc) is 3.08. The molecule has 5 nitrogen and oxygen atoms in total. The smallest absolute Gasteiger partial charge is 0.289 e. The summed E-state index contributed by atoms with van der Waals surface area (Å²) in [7, 11) is 0. The van der Waals surface area contributed by atoms with Crippen LogP contribution < -0.4 is 5.73 Å². The highest BCUT2D eigenvalue weighted by Crippen LogP contribution is 2.32. The van der Waals surface area contributed by atoms with Crippen LogP contribution in [0.4, 0.5) is 0 Å². The van der Waals surface area contributed by atoms with E-state index < -0.39 is 0 Å². The van der Waals surface area contributed by atoms with Crippen LogP contribution in [0.1, 0.15) is 33.7 Å². The Kier molecular flexibility index (Phi) is 3.43. The van der Waals surface area contributed by atoms with E-state index in [4.69, 9.17) is 10.2 Å². The number of nitrogens with zero attached hydrogens (tertiary/aromatic N) is 1. The van der Waals surface area contributed by atoms with Crippen molar-refractivity contribution in [1.29, 1.82) is 0 Å². The molecule has 0 radical (unpaired) electrons. The monoisotopic (exact) mass is 300 g/mol. The van der Waals surface area contributed by atoms with E-state index >= 15 is 0 Å². The predicted molar refractivity (Wildman–Crippen MR) is 83.6 cm³/mol. The zero-order chi connectivity index (χ0) is 16.0. The molecule has 3 rings (SSSR count). The normalized spacial score (nSPS) is 18.1. The van der Waals surface area contributed by atoms with Crippen LogP contribution >= 0.6 is 0 Å². The van der Waals surface area contributed by atoms with Gasteiger partial charge in [0.25, 0.3) is 5.91 Å². The van der Waals surface area contributed by atoms with Crippen molar-refractivity contribution in [2.75, 3.05) is 13.1 Å². The molecule has 2 amide bonds. The predicted octanol–water partition coefficient (Wildman–Crippen LogP) is 2.31. The number of hydrogen-bond donors (Lipinski definition) is 1. The molecule has 2 aromatic rings. The van der Waals surface area contributed by atoms with Gasteiger partial charge in [0.2, 0.25) is 5.91 Å². The van der Waals surface area contributed by atoms with E-state index in [1.54, 1.807) is 4.90 Å². The van der Waals surface area contributed by atoms with Gasteiger partial charge in [-0.1, -0.05) is 12.1 Å². The van der Waals surface area contributed by atoms with Gasteiger partial charge in [0, 0.05) is 24.0 Å². The minimum absolute atomic E-state index is 0.156. The fraction of sp³-hybridized carbons (Fsp3) is 0.412. The Morgan fingerprint density at radius 2 is 1.91 bits per heavy atom. The molecule has 5 heteroatoms. The van der Waals surface area contributed by atoms with Gasteiger partial charge >= 0.3 is 0 Å². The number of hydrogen-bond acceptors (Lipinski definition) is 3. The van der Waals surface area contributed by atoms with E-state index in [0.717, 1.165) is 27.7 Å². The zero-order valence-electron chi connectivity index (χ0n) is 13.1. The first-order valence-corrected chi connectivity index (χ1v) is 7.48. The molecule has 2 heterocycles. The van der Waals surface area contributed by atoms with Gasteiger partial charge in [0.05, 0.1) is 5.92 Å². The molecular formula is C17H20N2O3. The number of aryl methyl sites for hydroxylation is 3. The van der Waals surface area contributed by atoms with Gasteiger partial charge < -0.3 is 15.1 Å². The maximum atomic E-state index is 12.7. The summed E-state index contributed by atoms with van der Waals surface area (Å²) in [6, 6.07) is 4.03. The molecule has 1 saturated heterocycles. The first kappa shape index (κ1) is 14.6. The highest BCUT2D eigenvalue weighted by atomic mass is 16.3. The van der Waals surface area contributed by atoms with Crippen molar-refractivity contribution < 1.29 is 14.0 Å². The van der Waals surface area contributed by atoms with E-state index in [9.17, 15) is 9.59 Å². The van der Waals surface area contributed by atoms with Crippen molar-refractivity contribution in [2.45, 2.75) is 27.2 Å². The van der Waals surface area contributed by atoms with Gasteiger partial charge in [0.1, 0.15) is 5.58 Å². The second kappa shape index (κ2) is 5.16.